The molecule has 2 nitrogen and oxygen atoms in total. The van der Waals surface area contributed by atoms with E-state index in [1.165, 1.54) is 66.1 Å². The molecule has 0 unspecified atom stereocenters. The lowest BCUT2D eigenvalue weighted by Crippen LogP contribution is -2.12. The van der Waals surface area contributed by atoms with Crippen LogP contribution in [0.2, 0.25) is 0 Å². The summed E-state index contributed by atoms with van der Waals surface area (Å²) in [5.74, 6) is 0. The Morgan fingerprint density at radius 1 is 0.156 bits per heavy atom. The van der Waals surface area contributed by atoms with Crippen molar-refractivity contribution in [1.29, 1.82) is 0 Å². The normalized spacial score (nSPS) is 11.1. The van der Waals surface area contributed by atoms with Crippen LogP contribution < -0.4 is 9.80 Å². The summed E-state index contributed by atoms with van der Waals surface area (Å²) < 4.78 is 0. The van der Waals surface area contributed by atoms with Crippen LogP contribution in [0.4, 0.5) is 34.1 Å². The summed E-state index contributed by atoms with van der Waals surface area (Å²) in [6.07, 6.45) is 0. The van der Waals surface area contributed by atoms with Gasteiger partial charge >= 0.3 is 0 Å². The van der Waals surface area contributed by atoms with Gasteiger partial charge in [0.25, 0.3) is 0 Å². The Morgan fingerprint density at radius 2 is 0.359 bits per heavy atom. The molecule has 2 heteroatoms. The quantitative estimate of drug-likeness (QED) is 0.127. The minimum absolute atomic E-state index is 1.08. The maximum absolute atomic E-state index is 2.34. The van der Waals surface area contributed by atoms with Crippen molar-refractivity contribution in [3.8, 4) is 44.5 Å². The zero-order valence-corrected chi connectivity index (χ0v) is 35.3. The summed E-state index contributed by atoms with van der Waals surface area (Å²) in [5, 5.41) is 5.01. The second-order valence-corrected chi connectivity index (χ2v) is 16.1. The molecule has 0 aliphatic heterocycles. The molecule has 0 saturated heterocycles. The van der Waals surface area contributed by atoms with Crippen LogP contribution in [-0.4, -0.2) is 0 Å². The Morgan fingerprint density at radius 3 is 0.703 bits per heavy atom. The smallest absolute Gasteiger partial charge is 0.0463 e. The van der Waals surface area contributed by atoms with E-state index in [1.807, 2.05) is 0 Å². The Kier molecular flexibility index (Phi) is 10.3. The first-order chi connectivity index (χ1) is 31.8. The van der Waals surface area contributed by atoms with Crippen LogP contribution in [0.5, 0.6) is 0 Å². The van der Waals surface area contributed by atoms with E-state index in [0.29, 0.717) is 0 Å². The Labute approximate surface area is 375 Å². The number of para-hydroxylation sites is 2. The van der Waals surface area contributed by atoms with Crippen molar-refractivity contribution in [1.82, 2.24) is 0 Å². The minimum Gasteiger partial charge on any atom is -0.311 e. The van der Waals surface area contributed by atoms with Crippen molar-refractivity contribution >= 4 is 55.7 Å². The fourth-order valence-corrected chi connectivity index (χ4v) is 9.22. The molecule has 0 fully saturated rings. The molecule has 0 spiro atoms. The number of nitrogens with zero attached hydrogens (tertiary/aromatic N) is 2. The summed E-state index contributed by atoms with van der Waals surface area (Å²) in [5.41, 5.74) is 16.3. The van der Waals surface area contributed by atoms with E-state index >= 15 is 0 Å². The second kappa shape index (κ2) is 17.1. The molecule has 11 aromatic carbocycles. The highest BCUT2D eigenvalue weighted by Crippen LogP contribution is 2.45. The van der Waals surface area contributed by atoms with Gasteiger partial charge in [0.1, 0.15) is 0 Å². The largest absolute Gasteiger partial charge is 0.311 e. The van der Waals surface area contributed by atoms with Gasteiger partial charge < -0.3 is 9.80 Å². The molecule has 302 valence electrons. The summed E-state index contributed by atoms with van der Waals surface area (Å²) >= 11 is 0. The summed E-state index contributed by atoms with van der Waals surface area (Å²) in [7, 11) is 0. The zero-order chi connectivity index (χ0) is 42.7. The van der Waals surface area contributed by atoms with Gasteiger partial charge in [-0.2, -0.15) is 0 Å². The van der Waals surface area contributed by atoms with Gasteiger partial charge in [-0.25, -0.2) is 0 Å². The van der Waals surface area contributed by atoms with Crippen LogP contribution >= 0.6 is 0 Å². The topological polar surface area (TPSA) is 6.48 Å². The lowest BCUT2D eigenvalue weighted by Gasteiger charge is -2.28. The van der Waals surface area contributed by atoms with Crippen molar-refractivity contribution < 1.29 is 0 Å². The van der Waals surface area contributed by atoms with Gasteiger partial charge in [0.05, 0.1) is 0 Å². The van der Waals surface area contributed by atoms with E-state index in [1.54, 1.807) is 0 Å². The molecule has 0 aliphatic rings. The first-order valence-electron chi connectivity index (χ1n) is 21.9. The van der Waals surface area contributed by atoms with Gasteiger partial charge in [0, 0.05) is 34.1 Å². The Hall–Kier alpha value is -8.46. The molecular weight excluding hydrogens is 773 g/mol. The second-order valence-electron chi connectivity index (χ2n) is 16.1. The third kappa shape index (κ3) is 7.38. The molecule has 0 saturated carbocycles. The molecule has 0 bridgehead atoms. The predicted octanol–water partition coefficient (Wildman–Crippen LogP) is 17.6. The molecule has 11 aromatic rings. The molecule has 0 radical (unpaired) electrons. The van der Waals surface area contributed by atoms with Crippen LogP contribution in [0, 0.1) is 0 Å². The van der Waals surface area contributed by atoms with Crippen molar-refractivity contribution in [2.75, 3.05) is 9.80 Å². The monoisotopic (exact) mass is 816 g/mol. The molecule has 0 N–H and O–H groups in total. The lowest BCUT2D eigenvalue weighted by molar-refractivity contribution is 1.26. The standard InChI is InChI=1S/C62H44N2/c1-5-17-45(18-6-1)46-29-31-47(32-30-46)48-33-37-53(38-34-48)63(51-21-9-3-10-22-51)55-41-43-56(44-42-55)64(52-23-11-4-12-24-52)54-39-35-50(36-40-54)62-59-27-15-13-25-57(59)61(49-19-7-2-8-20-49)58-26-14-16-28-60(58)62/h1-44H. The number of hydrogen-bond acceptors (Lipinski definition) is 2. The molecule has 64 heavy (non-hydrogen) atoms. The highest BCUT2D eigenvalue weighted by atomic mass is 15.2. The molecule has 0 aliphatic carbocycles. The number of fused-ring (bicyclic) bond motifs is 2. The first kappa shape index (κ1) is 38.5. The van der Waals surface area contributed by atoms with Gasteiger partial charge in [-0.05, 0) is 139 Å². The maximum Gasteiger partial charge on any atom is 0.0463 e. The van der Waals surface area contributed by atoms with Crippen LogP contribution in [0.1, 0.15) is 0 Å². The minimum atomic E-state index is 1.08. The van der Waals surface area contributed by atoms with Crippen molar-refractivity contribution in [3.63, 3.8) is 0 Å². The number of benzene rings is 11. The van der Waals surface area contributed by atoms with Crippen LogP contribution in [-0.2, 0) is 0 Å². The third-order valence-corrected chi connectivity index (χ3v) is 12.3. The van der Waals surface area contributed by atoms with E-state index in [0.717, 1.165) is 34.1 Å². The first-order valence-corrected chi connectivity index (χ1v) is 21.9. The fourth-order valence-electron chi connectivity index (χ4n) is 9.22. The maximum atomic E-state index is 2.34. The van der Waals surface area contributed by atoms with Crippen LogP contribution in [0.3, 0.4) is 0 Å². The van der Waals surface area contributed by atoms with Crippen molar-refractivity contribution in [3.05, 3.63) is 267 Å². The van der Waals surface area contributed by atoms with E-state index in [4.69, 9.17) is 0 Å². The molecule has 0 heterocycles. The van der Waals surface area contributed by atoms with Gasteiger partial charge in [-0.1, -0.05) is 194 Å². The summed E-state index contributed by atoms with van der Waals surface area (Å²) in [6, 6.07) is 96.0. The van der Waals surface area contributed by atoms with Gasteiger partial charge in [-0.3, -0.25) is 0 Å². The van der Waals surface area contributed by atoms with Gasteiger partial charge in [-0.15, -0.1) is 0 Å². The number of hydrogen-bond donors (Lipinski definition) is 0. The van der Waals surface area contributed by atoms with Crippen molar-refractivity contribution in [2.45, 2.75) is 0 Å². The Bertz CT molecular complexity index is 3250. The highest BCUT2D eigenvalue weighted by Gasteiger charge is 2.19. The van der Waals surface area contributed by atoms with E-state index < -0.39 is 0 Å². The molecule has 0 amide bonds. The third-order valence-electron chi connectivity index (χ3n) is 12.3. The van der Waals surface area contributed by atoms with Crippen LogP contribution in [0.25, 0.3) is 66.1 Å². The molecule has 0 aromatic heterocycles. The molecular formula is C62H44N2. The average Bonchev–Trinajstić information content (AvgIpc) is 3.38. The Balaban J connectivity index is 0.940. The van der Waals surface area contributed by atoms with Crippen molar-refractivity contribution in [2.24, 2.45) is 0 Å². The average molecular weight is 817 g/mol. The van der Waals surface area contributed by atoms with Gasteiger partial charge in [0.2, 0.25) is 0 Å². The summed E-state index contributed by atoms with van der Waals surface area (Å²) in [4.78, 5) is 4.67. The molecule has 0 atom stereocenters. The molecule has 11 rings (SSSR count). The lowest BCUT2D eigenvalue weighted by atomic mass is 9.86. The number of anilines is 6. The predicted molar refractivity (Wildman–Crippen MR) is 273 cm³/mol. The van der Waals surface area contributed by atoms with E-state index in [-0.39, 0.29) is 0 Å². The number of rotatable bonds is 10. The van der Waals surface area contributed by atoms with E-state index in [9.17, 15) is 0 Å². The van der Waals surface area contributed by atoms with E-state index in [2.05, 4.69) is 277 Å². The van der Waals surface area contributed by atoms with Gasteiger partial charge in [0.15, 0.2) is 0 Å². The SMILES string of the molecule is c1ccc(-c2ccc(-c3ccc(N(c4ccccc4)c4ccc(N(c5ccccc5)c5ccc(-c6c7ccccc7c(-c7ccccc7)c7ccccc67)cc5)cc4)cc3)cc2)cc1. The zero-order valence-electron chi connectivity index (χ0n) is 35.3. The summed E-state index contributed by atoms with van der Waals surface area (Å²) in [6.45, 7) is 0. The fraction of sp³-hybridized carbons (Fsp3) is 0. The van der Waals surface area contributed by atoms with Crippen LogP contribution in [0.15, 0.2) is 267 Å². The highest BCUT2D eigenvalue weighted by molar-refractivity contribution is 6.21.